The summed E-state index contributed by atoms with van der Waals surface area (Å²) in [5.41, 5.74) is 6.28. The van der Waals surface area contributed by atoms with Crippen LogP contribution in [0.1, 0.15) is 28.1 Å². The number of aromatic amines is 1. The summed E-state index contributed by atoms with van der Waals surface area (Å²) in [6.45, 7) is 6.82. The Morgan fingerprint density at radius 3 is 2.52 bits per heavy atom. The van der Waals surface area contributed by atoms with Gasteiger partial charge in [0.2, 0.25) is 4.77 Å². The number of nitrogens with zero attached hydrogens (tertiary/aromatic N) is 5. The fraction of sp³-hybridized carbons (Fsp3) is 0.182. The van der Waals surface area contributed by atoms with Crippen LogP contribution < -0.4 is 0 Å². The van der Waals surface area contributed by atoms with Crippen LogP contribution in [0, 0.1) is 25.5 Å². The summed E-state index contributed by atoms with van der Waals surface area (Å²) >= 11 is 5.40. The maximum Gasteiger partial charge on any atom is 0.216 e. The Morgan fingerprint density at radius 2 is 1.76 bits per heavy atom. The lowest BCUT2D eigenvalue weighted by Gasteiger charge is -2.05. The van der Waals surface area contributed by atoms with Crippen molar-refractivity contribution in [2.45, 2.75) is 27.3 Å². The molecular weight excluding hydrogens is 380 g/mol. The monoisotopic (exact) mass is 402 g/mol. The fourth-order valence-corrected chi connectivity index (χ4v) is 3.50. The first-order chi connectivity index (χ1) is 14.0. The number of aryl methyl sites for hydroxylation is 2. The Bertz CT molecular complexity index is 1230. The number of nitrogens with one attached hydrogen (secondary N) is 1. The van der Waals surface area contributed by atoms with E-state index in [4.69, 9.17) is 12.2 Å². The minimum atomic E-state index is 0.450. The maximum absolute atomic E-state index is 5.40. The zero-order valence-corrected chi connectivity index (χ0v) is 17.4. The molecule has 4 aromatic rings. The molecule has 0 radical (unpaired) electrons. The topological polar surface area (TPSA) is 63.8 Å². The van der Waals surface area contributed by atoms with Crippen molar-refractivity contribution < 1.29 is 0 Å². The highest BCUT2D eigenvalue weighted by Crippen LogP contribution is 2.21. The lowest BCUT2D eigenvalue weighted by atomic mass is 10.1. The molecule has 0 saturated carbocycles. The van der Waals surface area contributed by atoms with Gasteiger partial charge in [-0.3, -0.25) is 4.68 Å². The third-order valence-corrected chi connectivity index (χ3v) is 5.22. The van der Waals surface area contributed by atoms with E-state index in [1.54, 1.807) is 4.68 Å². The first kappa shape index (κ1) is 19.0. The first-order valence-electron chi connectivity index (χ1n) is 9.40. The van der Waals surface area contributed by atoms with E-state index in [1.165, 1.54) is 5.56 Å². The van der Waals surface area contributed by atoms with Crippen molar-refractivity contribution in [1.82, 2.24) is 24.7 Å². The van der Waals surface area contributed by atoms with Crippen LogP contribution in [0.25, 0.3) is 11.4 Å². The quantitative estimate of drug-likeness (QED) is 0.390. The van der Waals surface area contributed by atoms with Gasteiger partial charge >= 0.3 is 0 Å². The van der Waals surface area contributed by atoms with E-state index in [0.29, 0.717) is 10.6 Å². The van der Waals surface area contributed by atoms with Gasteiger partial charge in [-0.1, -0.05) is 54.6 Å². The summed E-state index contributed by atoms with van der Waals surface area (Å²) in [5, 5.41) is 16.5. The Kier molecular flexibility index (Phi) is 5.22. The molecule has 0 saturated heterocycles. The highest BCUT2D eigenvalue weighted by molar-refractivity contribution is 7.71. The summed E-state index contributed by atoms with van der Waals surface area (Å²) in [7, 11) is 0. The van der Waals surface area contributed by atoms with Crippen molar-refractivity contribution in [2.24, 2.45) is 5.10 Å². The largest absolute Gasteiger partial charge is 0.265 e. The van der Waals surface area contributed by atoms with Gasteiger partial charge in [0.1, 0.15) is 0 Å². The van der Waals surface area contributed by atoms with Gasteiger partial charge in [-0.2, -0.15) is 20.0 Å². The Hall–Kier alpha value is -3.32. The number of rotatable bonds is 5. The lowest BCUT2D eigenvalue weighted by Crippen LogP contribution is -2.04. The molecule has 146 valence electrons. The number of hydrogen-bond acceptors (Lipinski definition) is 4. The van der Waals surface area contributed by atoms with Crippen LogP contribution in [0.3, 0.4) is 0 Å². The van der Waals surface area contributed by atoms with Crippen molar-refractivity contribution in [3.05, 3.63) is 87.4 Å². The molecule has 7 heteroatoms. The molecule has 0 amide bonds. The summed E-state index contributed by atoms with van der Waals surface area (Å²) in [6.07, 6.45) is 1.81. The molecule has 0 spiro atoms. The standard InChI is InChI=1S/C22H22N6S/c1-15-9-7-8-12-19(15)21-24-25-22(29)28(21)23-13-20-16(2)26-27(17(20)3)14-18-10-5-4-6-11-18/h4-13H,14H2,1-3H3,(H,25,29)/b23-13-. The average molecular weight is 403 g/mol. The van der Waals surface area contributed by atoms with E-state index in [1.807, 2.05) is 67.2 Å². The maximum atomic E-state index is 5.40. The van der Waals surface area contributed by atoms with E-state index in [-0.39, 0.29) is 0 Å². The number of hydrogen-bond donors (Lipinski definition) is 1. The first-order valence-corrected chi connectivity index (χ1v) is 9.81. The number of benzene rings is 2. The molecule has 0 atom stereocenters. The van der Waals surface area contributed by atoms with Crippen molar-refractivity contribution in [2.75, 3.05) is 0 Å². The molecule has 2 heterocycles. The van der Waals surface area contributed by atoms with E-state index in [0.717, 1.165) is 34.6 Å². The van der Waals surface area contributed by atoms with E-state index < -0.39 is 0 Å². The Balaban J connectivity index is 1.68. The van der Waals surface area contributed by atoms with Gasteiger partial charge < -0.3 is 0 Å². The van der Waals surface area contributed by atoms with E-state index in [2.05, 4.69) is 39.5 Å². The molecule has 0 aliphatic heterocycles. The fourth-order valence-electron chi connectivity index (χ4n) is 3.32. The molecule has 4 rings (SSSR count). The molecule has 6 nitrogen and oxygen atoms in total. The summed E-state index contributed by atoms with van der Waals surface area (Å²) < 4.78 is 4.11. The minimum absolute atomic E-state index is 0.450. The highest BCUT2D eigenvalue weighted by atomic mass is 32.1. The molecule has 2 aromatic heterocycles. The molecule has 0 bridgehead atoms. The van der Waals surface area contributed by atoms with E-state index in [9.17, 15) is 0 Å². The number of aromatic nitrogens is 5. The SMILES string of the molecule is Cc1ccccc1-c1n[nH]c(=S)n1/N=C\c1c(C)nn(Cc2ccccc2)c1C. The third kappa shape index (κ3) is 3.82. The summed E-state index contributed by atoms with van der Waals surface area (Å²) in [6, 6.07) is 18.3. The Labute approximate surface area is 174 Å². The van der Waals surface area contributed by atoms with Crippen LogP contribution in [-0.4, -0.2) is 30.9 Å². The molecule has 1 N–H and O–H groups in total. The number of H-pyrrole nitrogens is 1. The smallest absolute Gasteiger partial charge is 0.216 e. The van der Waals surface area contributed by atoms with Gasteiger partial charge in [0.05, 0.1) is 18.5 Å². The van der Waals surface area contributed by atoms with E-state index >= 15 is 0 Å². The minimum Gasteiger partial charge on any atom is -0.265 e. The molecule has 29 heavy (non-hydrogen) atoms. The zero-order chi connectivity index (χ0) is 20.4. The molecule has 0 aliphatic rings. The van der Waals surface area contributed by atoms with Crippen LogP contribution >= 0.6 is 12.2 Å². The van der Waals surface area contributed by atoms with Crippen molar-refractivity contribution >= 4 is 18.4 Å². The second-order valence-corrected chi connectivity index (χ2v) is 7.34. The van der Waals surface area contributed by atoms with Gasteiger partial charge in [-0.05, 0) is 44.1 Å². The third-order valence-electron chi connectivity index (χ3n) is 4.95. The molecule has 2 aromatic carbocycles. The second kappa shape index (κ2) is 7.97. The van der Waals surface area contributed by atoms with Gasteiger partial charge in [0, 0.05) is 16.8 Å². The molecular formula is C22H22N6S. The molecule has 0 aliphatic carbocycles. The molecule has 0 fully saturated rings. The van der Waals surface area contributed by atoms with Crippen molar-refractivity contribution in [1.29, 1.82) is 0 Å². The van der Waals surface area contributed by atoms with Crippen LogP contribution in [0.2, 0.25) is 0 Å². The zero-order valence-electron chi connectivity index (χ0n) is 16.6. The van der Waals surface area contributed by atoms with Gasteiger partial charge in [-0.25, -0.2) is 5.10 Å². The van der Waals surface area contributed by atoms with Crippen LogP contribution in [0.5, 0.6) is 0 Å². The lowest BCUT2D eigenvalue weighted by molar-refractivity contribution is 0.659. The van der Waals surface area contributed by atoms with Crippen LogP contribution in [-0.2, 0) is 6.54 Å². The van der Waals surface area contributed by atoms with Crippen molar-refractivity contribution in [3.63, 3.8) is 0 Å². The second-order valence-electron chi connectivity index (χ2n) is 6.95. The predicted molar refractivity (Wildman–Crippen MR) is 118 cm³/mol. The van der Waals surface area contributed by atoms with Crippen LogP contribution in [0.15, 0.2) is 59.7 Å². The average Bonchev–Trinajstić information content (AvgIpc) is 3.21. The van der Waals surface area contributed by atoms with Crippen molar-refractivity contribution in [3.8, 4) is 11.4 Å². The molecule has 0 unspecified atom stereocenters. The Morgan fingerprint density at radius 1 is 1.03 bits per heavy atom. The van der Waals surface area contributed by atoms with Crippen LogP contribution in [0.4, 0.5) is 0 Å². The normalized spacial score (nSPS) is 11.4. The summed E-state index contributed by atoms with van der Waals surface area (Å²) in [5.74, 6) is 0.691. The van der Waals surface area contributed by atoms with Gasteiger partial charge in [0.25, 0.3) is 0 Å². The van der Waals surface area contributed by atoms with Gasteiger partial charge in [0.15, 0.2) is 5.82 Å². The van der Waals surface area contributed by atoms with Gasteiger partial charge in [-0.15, -0.1) is 0 Å². The summed E-state index contributed by atoms with van der Waals surface area (Å²) in [4.78, 5) is 0. The predicted octanol–water partition coefficient (Wildman–Crippen LogP) is 4.66. The highest BCUT2D eigenvalue weighted by Gasteiger charge is 2.13.